The van der Waals surface area contributed by atoms with Gasteiger partial charge in [-0.1, -0.05) is 18.2 Å². The van der Waals surface area contributed by atoms with Crippen LogP contribution in [0.1, 0.15) is 0 Å². The molecule has 0 spiro atoms. The summed E-state index contributed by atoms with van der Waals surface area (Å²) in [5, 5.41) is 0.425. The average Bonchev–Trinajstić information content (AvgIpc) is 2.40. The normalized spacial score (nSPS) is 12.0. The van der Waals surface area contributed by atoms with Crippen molar-refractivity contribution in [2.24, 2.45) is 0 Å². The van der Waals surface area contributed by atoms with E-state index in [1.54, 1.807) is 18.3 Å². The predicted molar refractivity (Wildman–Crippen MR) is 71.9 cm³/mol. The molecular weight excluding hydrogens is 248 g/mol. The van der Waals surface area contributed by atoms with E-state index in [0.29, 0.717) is 23.1 Å². The van der Waals surface area contributed by atoms with E-state index in [0.717, 1.165) is 5.75 Å². The molecule has 0 amide bonds. The maximum atomic E-state index is 11.9. The Morgan fingerprint density at radius 1 is 1.17 bits per heavy atom. The Balaban J connectivity index is 1.88. The van der Waals surface area contributed by atoms with Crippen molar-refractivity contribution < 1.29 is 8.95 Å². The van der Waals surface area contributed by atoms with Crippen LogP contribution >= 0.6 is 0 Å². The van der Waals surface area contributed by atoms with Crippen LogP contribution in [0.25, 0.3) is 0 Å². The number of hydrogen-bond donors (Lipinski definition) is 1. The predicted octanol–water partition coefficient (Wildman–Crippen LogP) is 1.85. The lowest BCUT2D eigenvalue weighted by atomic mass is 10.3. The second-order valence-corrected chi connectivity index (χ2v) is 5.09. The number of anilines is 1. The zero-order chi connectivity index (χ0) is 12.8. The zero-order valence-corrected chi connectivity index (χ0v) is 10.6. The Morgan fingerprint density at radius 2 is 1.94 bits per heavy atom. The number of pyridine rings is 1. The molecule has 1 heterocycles. The summed E-state index contributed by atoms with van der Waals surface area (Å²) in [6.07, 6.45) is 1.58. The maximum Gasteiger partial charge on any atom is 0.150 e. The molecule has 2 N–H and O–H groups in total. The Bertz CT molecular complexity index is 532. The van der Waals surface area contributed by atoms with Gasteiger partial charge in [0.2, 0.25) is 0 Å². The fourth-order valence-electron chi connectivity index (χ4n) is 1.44. The Morgan fingerprint density at radius 3 is 2.67 bits per heavy atom. The average molecular weight is 262 g/mol. The van der Waals surface area contributed by atoms with Crippen LogP contribution in [-0.2, 0) is 10.8 Å². The highest BCUT2D eigenvalue weighted by Crippen LogP contribution is 2.13. The van der Waals surface area contributed by atoms with Crippen molar-refractivity contribution >= 4 is 16.5 Å². The van der Waals surface area contributed by atoms with Crippen LogP contribution in [0.2, 0.25) is 0 Å². The summed E-state index contributed by atoms with van der Waals surface area (Å²) in [5.41, 5.74) is 6.16. The topological polar surface area (TPSA) is 65.2 Å². The van der Waals surface area contributed by atoms with E-state index >= 15 is 0 Å². The molecule has 5 heteroatoms. The Kier molecular flexibility index (Phi) is 4.30. The van der Waals surface area contributed by atoms with Gasteiger partial charge in [-0.15, -0.1) is 0 Å². The molecule has 4 nitrogen and oxygen atoms in total. The summed E-state index contributed by atoms with van der Waals surface area (Å²) in [7, 11) is -1.23. The number of para-hydroxylation sites is 1. The lowest BCUT2D eigenvalue weighted by molar-refractivity contribution is 0.342. The van der Waals surface area contributed by atoms with Crippen molar-refractivity contribution in [3.8, 4) is 5.75 Å². The third-order valence-electron chi connectivity index (χ3n) is 2.30. The zero-order valence-electron chi connectivity index (χ0n) is 9.78. The first-order valence-corrected chi connectivity index (χ1v) is 6.86. The van der Waals surface area contributed by atoms with E-state index in [9.17, 15) is 4.21 Å². The smallest absolute Gasteiger partial charge is 0.150 e. The van der Waals surface area contributed by atoms with Gasteiger partial charge in [-0.05, 0) is 24.3 Å². The number of rotatable bonds is 5. The van der Waals surface area contributed by atoms with Crippen molar-refractivity contribution in [1.29, 1.82) is 0 Å². The molecule has 2 aromatic rings. The summed E-state index contributed by atoms with van der Waals surface area (Å²) in [6.45, 7) is 0.368. The summed E-state index contributed by atoms with van der Waals surface area (Å²) in [6, 6.07) is 12.8. The van der Waals surface area contributed by atoms with Crippen LogP contribution in [0.3, 0.4) is 0 Å². The lowest BCUT2D eigenvalue weighted by Crippen LogP contribution is -2.11. The minimum Gasteiger partial charge on any atom is -0.493 e. The number of aromatic nitrogens is 1. The van der Waals surface area contributed by atoms with E-state index in [4.69, 9.17) is 10.5 Å². The highest BCUT2D eigenvalue weighted by molar-refractivity contribution is 7.85. The minimum absolute atomic E-state index is 0.368. The Hall–Kier alpha value is -1.88. The SMILES string of the molecule is Nc1cccnc1S(=O)CCOc1ccccc1. The molecule has 0 saturated heterocycles. The van der Waals surface area contributed by atoms with Crippen molar-refractivity contribution in [3.05, 3.63) is 48.7 Å². The number of ether oxygens (including phenoxy) is 1. The number of benzene rings is 1. The van der Waals surface area contributed by atoms with Gasteiger partial charge in [0.25, 0.3) is 0 Å². The third-order valence-corrected chi connectivity index (χ3v) is 3.61. The van der Waals surface area contributed by atoms with Crippen molar-refractivity contribution in [1.82, 2.24) is 4.98 Å². The van der Waals surface area contributed by atoms with Gasteiger partial charge in [0.1, 0.15) is 17.4 Å². The van der Waals surface area contributed by atoms with E-state index in [2.05, 4.69) is 4.98 Å². The fourth-order valence-corrected chi connectivity index (χ4v) is 2.38. The van der Waals surface area contributed by atoms with E-state index < -0.39 is 10.8 Å². The molecule has 0 fully saturated rings. The van der Waals surface area contributed by atoms with Crippen LogP contribution in [0, 0.1) is 0 Å². The molecule has 2 rings (SSSR count). The van der Waals surface area contributed by atoms with Gasteiger partial charge < -0.3 is 10.5 Å². The molecular formula is C13H14N2O2S. The van der Waals surface area contributed by atoms with Gasteiger partial charge in [0.05, 0.1) is 22.2 Å². The van der Waals surface area contributed by atoms with E-state index in [-0.39, 0.29) is 0 Å². The van der Waals surface area contributed by atoms with Crippen molar-refractivity contribution in [3.63, 3.8) is 0 Å². The molecule has 1 unspecified atom stereocenters. The molecule has 1 aromatic heterocycles. The molecule has 18 heavy (non-hydrogen) atoms. The van der Waals surface area contributed by atoms with Crippen LogP contribution in [0.15, 0.2) is 53.7 Å². The van der Waals surface area contributed by atoms with Gasteiger partial charge in [-0.3, -0.25) is 4.21 Å². The van der Waals surface area contributed by atoms with Crippen LogP contribution in [0.5, 0.6) is 5.75 Å². The molecule has 0 saturated carbocycles. The quantitative estimate of drug-likeness (QED) is 0.893. The molecule has 0 aliphatic carbocycles. The van der Waals surface area contributed by atoms with Gasteiger partial charge >= 0.3 is 0 Å². The van der Waals surface area contributed by atoms with Crippen LogP contribution in [-0.4, -0.2) is 21.6 Å². The lowest BCUT2D eigenvalue weighted by Gasteiger charge is -2.06. The number of nitrogen functional groups attached to an aromatic ring is 1. The highest BCUT2D eigenvalue weighted by atomic mass is 32.2. The monoisotopic (exact) mass is 262 g/mol. The second kappa shape index (κ2) is 6.16. The first kappa shape index (κ1) is 12.6. The first-order valence-electron chi connectivity index (χ1n) is 5.54. The van der Waals surface area contributed by atoms with Gasteiger partial charge in [-0.25, -0.2) is 4.98 Å². The Labute approximate surface area is 108 Å². The van der Waals surface area contributed by atoms with E-state index in [1.165, 1.54) is 0 Å². The second-order valence-electron chi connectivity index (χ2n) is 3.61. The summed E-state index contributed by atoms with van der Waals surface area (Å²) in [5.74, 6) is 1.14. The molecule has 0 aliphatic rings. The third kappa shape index (κ3) is 3.30. The molecule has 0 aliphatic heterocycles. The van der Waals surface area contributed by atoms with Crippen LogP contribution < -0.4 is 10.5 Å². The van der Waals surface area contributed by atoms with Gasteiger partial charge in [0.15, 0.2) is 0 Å². The number of hydrogen-bond acceptors (Lipinski definition) is 4. The molecule has 1 atom stereocenters. The summed E-state index contributed by atoms with van der Waals surface area (Å²) < 4.78 is 17.4. The fraction of sp³-hybridized carbons (Fsp3) is 0.154. The molecule has 0 radical (unpaired) electrons. The molecule has 0 bridgehead atoms. The molecule has 1 aromatic carbocycles. The molecule has 94 valence electrons. The number of nitrogens with two attached hydrogens (primary N) is 1. The summed E-state index contributed by atoms with van der Waals surface area (Å²) in [4.78, 5) is 4.02. The van der Waals surface area contributed by atoms with E-state index in [1.807, 2.05) is 30.3 Å². The largest absolute Gasteiger partial charge is 0.493 e. The van der Waals surface area contributed by atoms with Crippen molar-refractivity contribution in [2.75, 3.05) is 18.1 Å². The maximum absolute atomic E-state index is 11.9. The first-order chi connectivity index (χ1) is 8.77. The number of nitrogens with zero attached hydrogens (tertiary/aromatic N) is 1. The van der Waals surface area contributed by atoms with Gasteiger partial charge in [-0.2, -0.15) is 0 Å². The summed E-state index contributed by atoms with van der Waals surface area (Å²) >= 11 is 0. The van der Waals surface area contributed by atoms with Gasteiger partial charge in [0, 0.05) is 6.20 Å². The van der Waals surface area contributed by atoms with Crippen molar-refractivity contribution in [2.45, 2.75) is 5.03 Å². The van der Waals surface area contributed by atoms with Crippen LogP contribution in [0.4, 0.5) is 5.69 Å². The highest BCUT2D eigenvalue weighted by Gasteiger charge is 2.08. The minimum atomic E-state index is -1.23. The standard InChI is InChI=1S/C13H14N2O2S/c14-12-7-4-8-15-13(12)18(16)10-9-17-11-5-2-1-3-6-11/h1-8H,9-10,14H2.